The van der Waals surface area contributed by atoms with Crippen LogP contribution in [0.2, 0.25) is 0 Å². The highest BCUT2D eigenvalue weighted by atomic mass is 16.2. The van der Waals surface area contributed by atoms with E-state index in [-0.39, 0.29) is 29.2 Å². The van der Waals surface area contributed by atoms with E-state index in [1.807, 2.05) is 34.6 Å². The lowest BCUT2D eigenvalue weighted by Crippen LogP contribution is -2.46. The molecule has 0 aliphatic rings. The van der Waals surface area contributed by atoms with Crippen LogP contribution in [-0.4, -0.2) is 29.3 Å². The third kappa shape index (κ3) is 6.40. The molecule has 1 rings (SSSR count). The highest BCUT2D eigenvalue weighted by molar-refractivity contribution is 5.98. The van der Waals surface area contributed by atoms with E-state index in [4.69, 9.17) is 0 Å². The molecule has 1 aromatic carbocycles. The van der Waals surface area contributed by atoms with Gasteiger partial charge in [-0.15, -0.1) is 0 Å². The molecule has 0 unspecified atom stereocenters. The quantitative estimate of drug-likeness (QED) is 0.773. The van der Waals surface area contributed by atoms with E-state index >= 15 is 0 Å². The Morgan fingerprint density at radius 2 is 1.54 bits per heavy atom. The summed E-state index contributed by atoms with van der Waals surface area (Å²) in [4.78, 5) is 35.6. The van der Waals surface area contributed by atoms with Gasteiger partial charge in [0.05, 0.1) is 0 Å². The van der Waals surface area contributed by atoms with E-state index in [9.17, 15) is 14.4 Å². The van der Waals surface area contributed by atoms with Gasteiger partial charge in [-0.2, -0.15) is 0 Å². The first-order valence-electron chi connectivity index (χ1n) is 8.00. The van der Waals surface area contributed by atoms with Crippen molar-refractivity contribution in [3.05, 3.63) is 29.8 Å². The van der Waals surface area contributed by atoms with Crippen molar-refractivity contribution >= 4 is 23.4 Å². The largest absolute Gasteiger partial charge is 0.347 e. The van der Waals surface area contributed by atoms with Crippen LogP contribution in [0.1, 0.15) is 51.9 Å². The van der Waals surface area contributed by atoms with Gasteiger partial charge in [0.15, 0.2) is 0 Å². The maximum Gasteiger partial charge on any atom is 0.251 e. The van der Waals surface area contributed by atoms with Crippen molar-refractivity contribution in [3.8, 4) is 0 Å². The summed E-state index contributed by atoms with van der Waals surface area (Å²) in [5.74, 6) is -0.741. The predicted octanol–water partition coefficient (Wildman–Crippen LogP) is 2.31. The maximum atomic E-state index is 12.3. The molecule has 0 bridgehead atoms. The van der Waals surface area contributed by atoms with Crippen LogP contribution in [-0.2, 0) is 9.59 Å². The van der Waals surface area contributed by atoms with Gasteiger partial charge in [-0.1, -0.05) is 13.8 Å². The molecule has 3 N–H and O–H groups in total. The molecule has 0 aliphatic heterocycles. The second-order valence-corrected chi connectivity index (χ2v) is 7.19. The fourth-order valence-corrected chi connectivity index (χ4v) is 2.09. The van der Waals surface area contributed by atoms with Crippen LogP contribution in [0.5, 0.6) is 0 Å². The Morgan fingerprint density at radius 1 is 1.00 bits per heavy atom. The van der Waals surface area contributed by atoms with Gasteiger partial charge in [0.2, 0.25) is 11.8 Å². The van der Waals surface area contributed by atoms with Gasteiger partial charge in [0.25, 0.3) is 5.91 Å². The Balaban J connectivity index is 2.77. The number of anilines is 1. The monoisotopic (exact) mass is 333 g/mol. The summed E-state index contributed by atoms with van der Waals surface area (Å²) in [5.41, 5.74) is 0.779. The van der Waals surface area contributed by atoms with Crippen molar-refractivity contribution in [1.29, 1.82) is 0 Å². The average Bonchev–Trinajstić information content (AvgIpc) is 2.43. The predicted molar refractivity (Wildman–Crippen MR) is 94.7 cm³/mol. The minimum absolute atomic E-state index is 0.0364. The minimum atomic E-state index is -0.605. The molecule has 0 spiro atoms. The average molecular weight is 333 g/mol. The lowest BCUT2D eigenvalue weighted by molar-refractivity contribution is -0.126. The number of carbonyl (C=O) groups excluding carboxylic acids is 3. The van der Waals surface area contributed by atoms with Crippen LogP contribution in [0, 0.1) is 5.92 Å². The molecule has 0 radical (unpaired) electrons. The molecule has 1 aromatic rings. The molecule has 0 saturated carbocycles. The SMILES string of the molecule is CC(=O)N[C@H](C(=O)Nc1ccc(C(=O)NC(C)(C)C)cc1)C(C)C. The van der Waals surface area contributed by atoms with Crippen LogP contribution >= 0.6 is 0 Å². The number of hydrogen-bond acceptors (Lipinski definition) is 3. The molecule has 0 heterocycles. The summed E-state index contributed by atoms with van der Waals surface area (Å²) < 4.78 is 0. The Kier molecular flexibility index (Phi) is 6.51. The Bertz CT molecular complexity index is 601. The molecule has 0 aliphatic carbocycles. The van der Waals surface area contributed by atoms with Crippen molar-refractivity contribution in [2.24, 2.45) is 5.92 Å². The first kappa shape index (κ1) is 19.7. The van der Waals surface area contributed by atoms with Gasteiger partial charge in [-0.25, -0.2) is 0 Å². The summed E-state index contributed by atoms with van der Waals surface area (Å²) in [7, 11) is 0. The number of carbonyl (C=O) groups is 3. The highest BCUT2D eigenvalue weighted by Crippen LogP contribution is 2.13. The van der Waals surface area contributed by atoms with Crippen LogP contribution in [0.25, 0.3) is 0 Å². The van der Waals surface area contributed by atoms with Gasteiger partial charge < -0.3 is 16.0 Å². The molecule has 132 valence electrons. The number of amides is 3. The fraction of sp³-hybridized carbons (Fsp3) is 0.500. The van der Waals surface area contributed by atoms with Crippen molar-refractivity contribution < 1.29 is 14.4 Å². The minimum Gasteiger partial charge on any atom is -0.347 e. The zero-order chi connectivity index (χ0) is 18.5. The second-order valence-electron chi connectivity index (χ2n) is 7.19. The summed E-state index contributed by atoms with van der Waals surface area (Å²) in [6.07, 6.45) is 0. The zero-order valence-corrected chi connectivity index (χ0v) is 15.2. The lowest BCUT2D eigenvalue weighted by atomic mass is 10.0. The van der Waals surface area contributed by atoms with E-state index in [2.05, 4.69) is 16.0 Å². The molecule has 0 fully saturated rings. The van der Waals surface area contributed by atoms with E-state index in [1.165, 1.54) is 6.92 Å². The fourth-order valence-electron chi connectivity index (χ4n) is 2.09. The maximum absolute atomic E-state index is 12.3. The van der Waals surface area contributed by atoms with Crippen molar-refractivity contribution in [1.82, 2.24) is 10.6 Å². The molecule has 3 amide bonds. The standard InChI is InChI=1S/C18H27N3O3/c1-11(2)15(19-12(3)22)17(24)20-14-9-7-13(8-10-14)16(23)21-18(4,5)6/h7-11,15H,1-6H3,(H,19,22)(H,20,24)(H,21,23)/t15-/m0/s1. The van der Waals surface area contributed by atoms with Crippen molar-refractivity contribution in [3.63, 3.8) is 0 Å². The molecular weight excluding hydrogens is 306 g/mol. The van der Waals surface area contributed by atoms with Gasteiger partial charge >= 0.3 is 0 Å². The number of hydrogen-bond donors (Lipinski definition) is 3. The zero-order valence-electron chi connectivity index (χ0n) is 15.2. The van der Waals surface area contributed by atoms with E-state index in [0.29, 0.717) is 11.3 Å². The van der Waals surface area contributed by atoms with Gasteiger partial charge in [0.1, 0.15) is 6.04 Å². The Hall–Kier alpha value is -2.37. The number of rotatable bonds is 5. The summed E-state index contributed by atoms with van der Waals surface area (Å²) >= 11 is 0. The van der Waals surface area contributed by atoms with Crippen LogP contribution in [0.4, 0.5) is 5.69 Å². The van der Waals surface area contributed by atoms with Gasteiger partial charge in [-0.05, 0) is 51.0 Å². The van der Waals surface area contributed by atoms with E-state index in [1.54, 1.807) is 24.3 Å². The molecule has 6 heteroatoms. The highest BCUT2D eigenvalue weighted by Gasteiger charge is 2.23. The van der Waals surface area contributed by atoms with Crippen molar-refractivity contribution in [2.75, 3.05) is 5.32 Å². The number of benzene rings is 1. The van der Waals surface area contributed by atoms with E-state index in [0.717, 1.165) is 0 Å². The Morgan fingerprint density at radius 3 is 1.96 bits per heavy atom. The molecular formula is C18H27N3O3. The molecule has 24 heavy (non-hydrogen) atoms. The normalized spacial score (nSPS) is 12.5. The third-order valence-corrected chi connectivity index (χ3v) is 3.21. The first-order valence-corrected chi connectivity index (χ1v) is 8.00. The van der Waals surface area contributed by atoms with E-state index < -0.39 is 6.04 Å². The first-order chi connectivity index (χ1) is 11.0. The lowest BCUT2D eigenvalue weighted by Gasteiger charge is -2.21. The molecule has 6 nitrogen and oxygen atoms in total. The summed E-state index contributed by atoms with van der Waals surface area (Å²) in [6.45, 7) is 10.8. The van der Waals surface area contributed by atoms with Crippen LogP contribution in [0.15, 0.2) is 24.3 Å². The topological polar surface area (TPSA) is 87.3 Å². The van der Waals surface area contributed by atoms with Gasteiger partial charge in [0, 0.05) is 23.7 Å². The second kappa shape index (κ2) is 7.95. The number of nitrogens with one attached hydrogen (secondary N) is 3. The smallest absolute Gasteiger partial charge is 0.251 e. The Labute approximate surface area is 143 Å². The van der Waals surface area contributed by atoms with Gasteiger partial charge in [-0.3, -0.25) is 14.4 Å². The molecule has 1 atom stereocenters. The molecule has 0 aromatic heterocycles. The van der Waals surface area contributed by atoms with Crippen molar-refractivity contribution in [2.45, 2.75) is 53.1 Å². The summed E-state index contributed by atoms with van der Waals surface area (Å²) in [6, 6.07) is 6.03. The van der Waals surface area contributed by atoms with Crippen LogP contribution < -0.4 is 16.0 Å². The molecule has 0 saturated heterocycles. The van der Waals surface area contributed by atoms with Crippen LogP contribution in [0.3, 0.4) is 0 Å². The third-order valence-electron chi connectivity index (χ3n) is 3.21. The summed E-state index contributed by atoms with van der Waals surface area (Å²) in [5, 5.41) is 8.27.